The molecule has 1 aromatic rings. The largest absolute Gasteiger partial charge is 0.481 e. The molecule has 140 valence electrons. The van der Waals surface area contributed by atoms with E-state index in [0.717, 1.165) is 0 Å². The Bertz CT molecular complexity index is 830. The van der Waals surface area contributed by atoms with Gasteiger partial charge in [0.2, 0.25) is 10.0 Å². The lowest BCUT2D eigenvalue weighted by atomic mass is 9.92. The maximum atomic E-state index is 12.8. The summed E-state index contributed by atoms with van der Waals surface area (Å²) in [6.07, 6.45) is 0.917. The summed E-state index contributed by atoms with van der Waals surface area (Å²) in [6.45, 7) is 3.75. The van der Waals surface area contributed by atoms with Crippen LogP contribution in [0.4, 0.5) is 0 Å². The number of sulfonamides is 1. The van der Waals surface area contributed by atoms with Crippen molar-refractivity contribution in [2.45, 2.75) is 36.5 Å². The fourth-order valence-electron chi connectivity index (χ4n) is 3.03. The number of piperidine rings is 1. The van der Waals surface area contributed by atoms with Crippen molar-refractivity contribution in [3.63, 3.8) is 0 Å². The molecule has 0 radical (unpaired) electrons. The van der Waals surface area contributed by atoms with Gasteiger partial charge in [-0.05, 0) is 43.0 Å². The van der Waals surface area contributed by atoms with Gasteiger partial charge in [-0.25, -0.2) is 16.8 Å². The van der Waals surface area contributed by atoms with E-state index in [1.54, 1.807) is 6.92 Å². The molecule has 1 fully saturated rings. The lowest BCUT2D eigenvalue weighted by molar-refractivity contribution is -0.143. The van der Waals surface area contributed by atoms with Crippen LogP contribution in [0.25, 0.3) is 0 Å². The number of rotatable bonds is 6. The van der Waals surface area contributed by atoms with Crippen molar-refractivity contribution >= 4 is 25.8 Å². The van der Waals surface area contributed by atoms with Crippen molar-refractivity contribution in [2.24, 2.45) is 11.8 Å². The molecule has 1 heterocycles. The van der Waals surface area contributed by atoms with Crippen LogP contribution in [0, 0.1) is 11.8 Å². The first-order chi connectivity index (χ1) is 11.6. The normalized spacial score (nSPS) is 22.6. The first-order valence-corrected chi connectivity index (χ1v) is 11.2. The van der Waals surface area contributed by atoms with Crippen LogP contribution >= 0.6 is 0 Å². The Morgan fingerprint density at radius 1 is 1.12 bits per heavy atom. The van der Waals surface area contributed by atoms with Crippen LogP contribution in [0.2, 0.25) is 0 Å². The van der Waals surface area contributed by atoms with Crippen LogP contribution in [0.3, 0.4) is 0 Å². The second-order valence-corrected chi connectivity index (χ2v) is 10.5. The molecule has 2 unspecified atom stereocenters. The Kier molecular flexibility index (Phi) is 5.90. The van der Waals surface area contributed by atoms with E-state index < -0.39 is 31.7 Å². The van der Waals surface area contributed by atoms with Crippen LogP contribution in [0.5, 0.6) is 0 Å². The van der Waals surface area contributed by atoms with Crippen LogP contribution in [0.1, 0.15) is 26.7 Å². The molecule has 0 bridgehead atoms. The van der Waals surface area contributed by atoms with Crippen molar-refractivity contribution in [1.82, 2.24) is 4.31 Å². The smallest absolute Gasteiger partial charge is 0.307 e. The summed E-state index contributed by atoms with van der Waals surface area (Å²) >= 11 is 0. The van der Waals surface area contributed by atoms with E-state index in [1.165, 1.54) is 28.6 Å². The Labute approximate surface area is 148 Å². The van der Waals surface area contributed by atoms with Crippen LogP contribution < -0.4 is 0 Å². The van der Waals surface area contributed by atoms with Crippen molar-refractivity contribution in [3.05, 3.63) is 24.3 Å². The van der Waals surface area contributed by atoms with Gasteiger partial charge < -0.3 is 5.11 Å². The standard InChI is InChI=1S/C16H23NO6S2/c1-3-8-24(20,21)14-4-6-15(7-5-14)25(22,23)17-10-12(2)9-13(11-17)16(18)19/h4-7,12-13H,3,8-11H2,1-2H3,(H,18,19). The highest BCUT2D eigenvalue weighted by Crippen LogP contribution is 2.27. The van der Waals surface area contributed by atoms with E-state index >= 15 is 0 Å². The third-order valence-corrected chi connectivity index (χ3v) is 8.05. The zero-order valence-corrected chi connectivity index (χ0v) is 15.9. The predicted octanol–water partition coefficient (Wildman–Crippen LogP) is 1.60. The number of carboxylic acids is 1. The minimum Gasteiger partial charge on any atom is -0.481 e. The summed E-state index contributed by atoms with van der Waals surface area (Å²) in [4.78, 5) is 11.3. The van der Waals surface area contributed by atoms with E-state index in [9.17, 15) is 26.7 Å². The van der Waals surface area contributed by atoms with Gasteiger partial charge in [-0.3, -0.25) is 4.79 Å². The molecule has 0 aromatic heterocycles. The van der Waals surface area contributed by atoms with E-state index in [1.807, 2.05) is 6.92 Å². The van der Waals surface area contributed by atoms with E-state index in [2.05, 4.69) is 0 Å². The molecule has 1 saturated heterocycles. The van der Waals surface area contributed by atoms with E-state index in [-0.39, 0.29) is 34.6 Å². The first-order valence-electron chi connectivity index (χ1n) is 8.13. The lowest BCUT2D eigenvalue weighted by Gasteiger charge is -2.33. The van der Waals surface area contributed by atoms with Crippen molar-refractivity contribution in [2.75, 3.05) is 18.8 Å². The van der Waals surface area contributed by atoms with Gasteiger partial charge in [0.25, 0.3) is 0 Å². The van der Waals surface area contributed by atoms with Gasteiger partial charge in [0.15, 0.2) is 9.84 Å². The number of hydrogen-bond donors (Lipinski definition) is 1. The molecule has 0 saturated carbocycles. The molecule has 7 nitrogen and oxygen atoms in total. The highest BCUT2D eigenvalue weighted by molar-refractivity contribution is 7.91. The summed E-state index contributed by atoms with van der Waals surface area (Å²) in [7, 11) is -7.27. The molecule has 0 amide bonds. The van der Waals surface area contributed by atoms with Crippen LogP contribution in [0.15, 0.2) is 34.1 Å². The zero-order valence-electron chi connectivity index (χ0n) is 14.3. The second kappa shape index (κ2) is 7.43. The fraction of sp³-hybridized carbons (Fsp3) is 0.562. The Morgan fingerprint density at radius 2 is 1.68 bits per heavy atom. The van der Waals surface area contributed by atoms with Crippen molar-refractivity contribution in [3.8, 4) is 0 Å². The molecule has 1 aromatic carbocycles. The third kappa shape index (κ3) is 4.39. The highest BCUT2D eigenvalue weighted by Gasteiger charge is 2.36. The molecule has 0 spiro atoms. The number of aliphatic carboxylic acids is 1. The lowest BCUT2D eigenvalue weighted by Crippen LogP contribution is -2.45. The number of hydrogen-bond acceptors (Lipinski definition) is 5. The molecule has 9 heteroatoms. The number of benzene rings is 1. The predicted molar refractivity (Wildman–Crippen MR) is 92.5 cm³/mol. The van der Waals surface area contributed by atoms with Gasteiger partial charge in [0, 0.05) is 13.1 Å². The summed E-state index contributed by atoms with van der Waals surface area (Å²) < 4.78 is 50.8. The molecule has 2 rings (SSSR count). The Hall–Kier alpha value is -1.45. The molecule has 25 heavy (non-hydrogen) atoms. The molecule has 0 aliphatic carbocycles. The van der Waals surface area contributed by atoms with Gasteiger partial charge in [-0.2, -0.15) is 4.31 Å². The van der Waals surface area contributed by atoms with Crippen molar-refractivity contribution in [1.29, 1.82) is 0 Å². The number of nitrogens with zero attached hydrogens (tertiary/aromatic N) is 1. The number of sulfone groups is 1. The number of carbonyl (C=O) groups is 1. The molecular formula is C16H23NO6S2. The summed E-state index contributed by atoms with van der Waals surface area (Å²) in [5.41, 5.74) is 0. The van der Waals surface area contributed by atoms with Gasteiger partial charge in [0.1, 0.15) is 0 Å². The Balaban J connectivity index is 2.29. The third-order valence-electron chi connectivity index (χ3n) is 4.27. The minimum atomic E-state index is -3.86. The molecule has 2 atom stereocenters. The molecule has 1 N–H and O–H groups in total. The van der Waals surface area contributed by atoms with Gasteiger partial charge >= 0.3 is 5.97 Å². The fourth-order valence-corrected chi connectivity index (χ4v) is 5.96. The van der Waals surface area contributed by atoms with Crippen LogP contribution in [-0.2, 0) is 24.7 Å². The van der Waals surface area contributed by atoms with Gasteiger partial charge in [-0.1, -0.05) is 13.8 Å². The van der Waals surface area contributed by atoms with Crippen LogP contribution in [-0.4, -0.2) is 51.1 Å². The monoisotopic (exact) mass is 389 g/mol. The molecular weight excluding hydrogens is 366 g/mol. The minimum absolute atomic E-state index is 0.00300. The maximum absolute atomic E-state index is 12.8. The summed E-state index contributed by atoms with van der Waals surface area (Å²) in [6, 6.07) is 5.12. The SMILES string of the molecule is CCCS(=O)(=O)c1ccc(S(=O)(=O)N2CC(C)CC(C(=O)O)C2)cc1. The topological polar surface area (TPSA) is 109 Å². The average Bonchev–Trinajstić information content (AvgIpc) is 2.54. The van der Waals surface area contributed by atoms with Gasteiger partial charge in [-0.15, -0.1) is 0 Å². The second-order valence-electron chi connectivity index (χ2n) is 6.49. The van der Waals surface area contributed by atoms with Gasteiger partial charge in [0.05, 0.1) is 21.5 Å². The molecule has 1 aliphatic rings. The van der Waals surface area contributed by atoms with Crippen molar-refractivity contribution < 1.29 is 26.7 Å². The first kappa shape index (κ1) is 19.9. The quantitative estimate of drug-likeness (QED) is 0.791. The summed E-state index contributed by atoms with van der Waals surface area (Å²) in [5.74, 6) is -1.80. The highest BCUT2D eigenvalue weighted by atomic mass is 32.2. The Morgan fingerprint density at radius 3 is 2.20 bits per heavy atom. The summed E-state index contributed by atoms with van der Waals surface area (Å²) in [5, 5.41) is 9.20. The van der Waals surface area contributed by atoms with E-state index in [4.69, 9.17) is 0 Å². The maximum Gasteiger partial charge on any atom is 0.307 e. The van der Waals surface area contributed by atoms with E-state index in [0.29, 0.717) is 12.8 Å². The number of carboxylic acid groups (broad SMARTS) is 1. The average molecular weight is 389 g/mol. The molecule has 1 aliphatic heterocycles. The zero-order chi connectivity index (χ0) is 18.8.